The molecule has 1 N–H and O–H groups in total. The van der Waals surface area contributed by atoms with Crippen LogP contribution in [-0.4, -0.2) is 30.4 Å². The van der Waals surface area contributed by atoms with Gasteiger partial charge in [-0.15, -0.1) is 0 Å². The van der Waals surface area contributed by atoms with Crippen LogP contribution in [0.4, 0.5) is 11.5 Å². The van der Waals surface area contributed by atoms with Crippen molar-refractivity contribution in [2.24, 2.45) is 0 Å². The lowest BCUT2D eigenvalue weighted by Gasteiger charge is -2.08. The van der Waals surface area contributed by atoms with Crippen LogP contribution in [0.3, 0.4) is 0 Å². The number of amides is 1. The molecule has 2 aromatic heterocycles. The third-order valence-electron chi connectivity index (χ3n) is 4.07. The average Bonchev–Trinajstić information content (AvgIpc) is 3.22. The van der Waals surface area contributed by atoms with Gasteiger partial charge < -0.3 is 5.32 Å². The summed E-state index contributed by atoms with van der Waals surface area (Å²) in [6.45, 7) is 4.29. The van der Waals surface area contributed by atoms with Gasteiger partial charge in [0.25, 0.3) is 5.91 Å². The quantitative estimate of drug-likeness (QED) is 0.478. The number of halogens is 2. The SMILES string of the molecule is CCn1cc([N+](=O)[O-])c(C(=O)Nc2cc(C)n(Cc3c(Cl)cccc3Cl)n2)n1. The number of hydrogen-bond acceptors (Lipinski definition) is 5. The topological polar surface area (TPSA) is 108 Å². The number of aryl methyl sites for hydroxylation is 2. The summed E-state index contributed by atoms with van der Waals surface area (Å²) in [5, 5.41) is 23.0. The molecule has 28 heavy (non-hydrogen) atoms. The third kappa shape index (κ3) is 4.00. The number of hydrogen-bond donors (Lipinski definition) is 1. The Balaban J connectivity index is 1.83. The van der Waals surface area contributed by atoms with Crippen molar-refractivity contribution in [2.75, 3.05) is 5.32 Å². The lowest BCUT2D eigenvalue weighted by molar-refractivity contribution is -0.385. The summed E-state index contributed by atoms with van der Waals surface area (Å²) in [5.41, 5.74) is 0.818. The molecule has 0 saturated carbocycles. The fraction of sp³-hybridized carbons (Fsp3) is 0.235. The monoisotopic (exact) mass is 422 g/mol. The van der Waals surface area contributed by atoms with Gasteiger partial charge in [0.05, 0.1) is 11.5 Å². The molecule has 0 unspecified atom stereocenters. The molecule has 1 aromatic carbocycles. The first-order valence-corrected chi connectivity index (χ1v) is 9.06. The van der Waals surface area contributed by atoms with Crippen LogP contribution in [0.2, 0.25) is 10.0 Å². The van der Waals surface area contributed by atoms with Crippen LogP contribution in [0, 0.1) is 17.0 Å². The fourth-order valence-corrected chi connectivity index (χ4v) is 3.13. The largest absolute Gasteiger partial charge is 0.320 e. The van der Waals surface area contributed by atoms with Crippen molar-refractivity contribution in [1.82, 2.24) is 19.6 Å². The summed E-state index contributed by atoms with van der Waals surface area (Å²) in [6, 6.07) is 6.85. The van der Waals surface area contributed by atoms with Gasteiger partial charge >= 0.3 is 5.69 Å². The zero-order chi connectivity index (χ0) is 20.4. The van der Waals surface area contributed by atoms with Crippen molar-refractivity contribution < 1.29 is 9.72 Å². The van der Waals surface area contributed by atoms with Crippen LogP contribution >= 0.6 is 23.2 Å². The highest BCUT2D eigenvalue weighted by atomic mass is 35.5. The molecule has 2 heterocycles. The second kappa shape index (κ2) is 7.99. The molecular weight excluding hydrogens is 407 g/mol. The Morgan fingerprint density at radius 2 is 1.96 bits per heavy atom. The van der Waals surface area contributed by atoms with E-state index in [-0.39, 0.29) is 17.2 Å². The number of carbonyl (C=O) groups excluding carboxylic acids is 1. The van der Waals surface area contributed by atoms with Gasteiger partial charge in [0.2, 0.25) is 5.69 Å². The molecule has 0 atom stereocenters. The number of nitrogens with zero attached hydrogens (tertiary/aromatic N) is 5. The Hall–Kier alpha value is -2.91. The molecule has 0 spiro atoms. The molecule has 0 fully saturated rings. The Morgan fingerprint density at radius 1 is 1.29 bits per heavy atom. The number of anilines is 1. The molecule has 0 aliphatic carbocycles. The van der Waals surface area contributed by atoms with Crippen LogP contribution in [0.15, 0.2) is 30.5 Å². The van der Waals surface area contributed by atoms with E-state index in [9.17, 15) is 14.9 Å². The van der Waals surface area contributed by atoms with E-state index in [4.69, 9.17) is 23.2 Å². The molecule has 3 aromatic rings. The Morgan fingerprint density at radius 3 is 2.57 bits per heavy atom. The summed E-state index contributed by atoms with van der Waals surface area (Å²) in [4.78, 5) is 23.0. The maximum Gasteiger partial charge on any atom is 0.320 e. The van der Waals surface area contributed by atoms with E-state index in [1.807, 2.05) is 6.92 Å². The lowest BCUT2D eigenvalue weighted by Crippen LogP contribution is -2.15. The Labute approximate surface area is 170 Å². The van der Waals surface area contributed by atoms with Gasteiger partial charge in [0, 0.05) is 33.9 Å². The minimum atomic E-state index is -0.709. The molecular formula is C17H16Cl2N6O3. The summed E-state index contributed by atoms with van der Waals surface area (Å²) >= 11 is 12.4. The second-order valence-electron chi connectivity index (χ2n) is 5.96. The van der Waals surface area contributed by atoms with E-state index in [2.05, 4.69) is 15.5 Å². The van der Waals surface area contributed by atoms with Gasteiger partial charge in [-0.3, -0.25) is 24.3 Å². The molecule has 0 aliphatic heterocycles. The maximum absolute atomic E-state index is 12.5. The minimum Gasteiger partial charge on any atom is -0.303 e. The van der Waals surface area contributed by atoms with Crippen LogP contribution in [0.5, 0.6) is 0 Å². The van der Waals surface area contributed by atoms with Crippen LogP contribution in [0.25, 0.3) is 0 Å². The molecule has 3 rings (SSSR count). The van der Waals surface area contributed by atoms with E-state index in [0.717, 1.165) is 5.69 Å². The first-order valence-electron chi connectivity index (χ1n) is 8.30. The van der Waals surface area contributed by atoms with Crippen LogP contribution in [0.1, 0.15) is 28.7 Å². The highest BCUT2D eigenvalue weighted by Crippen LogP contribution is 2.26. The van der Waals surface area contributed by atoms with Crippen molar-refractivity contribution in [3.63, 3.8) is 0 Å². The smallest absolute Gasteiger partial charge is 0.303 e. The number of nitrogens with one attached hydrogen (secondary N) is 1. The molecule has 0 radical (unpaired) electrons. The predicted octanol–water partition coefficient (Wildman–Crippen LogP) is 3.92. The Kier molecular flexibility index (Phi) is 5.66. The molecule has 0 aliphatic rings. The van der Waals surface area contributed by atoms with Gasteiger partial charge in [-0.25, -0.2) is 0 Å². The van der Waals surface area contributed by atoms with Crippen LogP contribution in [-0.2, 0) is 13.1 Å². The lowest BCUT2D eigenvalue weighted by atomic mass is 10.2. The van der Waals surface area contributed by atoms with Gasteiger partial charge in [0.1, 0.15) is 6.20 Å². The molecule has 9 nitrogen and oxygen atoms in total. The van der Waals surface area contributed by atoms with Gasteiger partial charge in [-0.1, -0.05) is 29.3 Å². The van der Waals surface area contributed by atoms with Gasteiger partial charge in [-0.2, -0.15) is 10.2 Å². The molecule has 1 amide bonds. The Bertz CT molecular complexity index is 1040. The third-order valence-corrected chi connectivity index (χ3v) is 4.78. The summed E-state index contributed by atoms with van der Waals surface area (Å²) in [6.07, 6.45) is 1.22. The second-order valence-corrected chi connectivity index (χ2v) is 6.77. The minimum absolute atomic E-state index is 0.242. The van der Waals surface area contributed by atoms with E-state index >= 15 is 0 Å². The van der Waals surface area contributed by atoms with Crippen LogP contribution < -0.4 is 5.32 Å². The molecule has 0 bridgehead atoms. The maximum atomic E-state index is 12.5. The zero-order valence-electron chi connectivity index (χ0n) is 15.0. The van der Waals surface area contributed by atoms with E-state index in [0.29, 0.717) is 28.7 Å². The number of aromatic nitrogens is 4. The van der Waals surface area contributed by atoms with E-state index < -0.39 is 10.8 Å². The van der Waals surface area contributed by atoms with Crippen molar-refractivity contribution in [3.05, 3.63) is 67.6 Å². The molecule has 0 saturated heterocycles. The standard InChI is InChI=1S/C17H16Cl2N6O3/c1-3-23-9-14(25(27)28)16(22-23)17(26)20-15-7-10(2)24(21-15)8-11-12(18)5-4-6-13(11)19/h4-7,9H,3,8H2,1-2H3,(H,20,21,26). The van der Waals surface area contributed by atoms with E-state index in [1.54, 1.807) is 35.9 Å². The number of nitro groups is 1. The van der Waals surface area contributed by atoms with Crippen molar-refractivity contribution >= 4 is 40.6 Å². The average molecular weight is 423 g/mol. The van der Waals surface area contributed by atoms with E-state index in [1.165, 1.54) is 10.9 Å². The number of benzene rings is 1. The zero-order valence-corrected chi connectivity index (χ0v) is 16.5. The molecule has 11 heteroatoms. The van der Waals surface area contributed by atoms with Crippen molar-refractivity contribution in [1.29, 1.82) is 0 Å². The number of rotatable bonds is 6. The first-order chi connectivity index (χ1) is 13.3. The molecule has 146 valence electrons. The normalized spacial score (nSPS) is 10.9. The highest BCUT2D eigenvalue weighted by Gasteiger charge is 2.26. The summed E-state index contributed by atoms with van der Waals surface area (Å²) in [5.74, 6) is -0.467. The predicted molar refractivity (Wildman–Crippen MR) is 105 cm³/mol. The summed E-state index contributed by atoms with van der Waals surface area (Å²) < 4.78 is 2.96. The number of carbonyl (C=O) groups is 1. The van der Waals surface area contributed by atoms with Crippen molar-refractivity contribution in [2.45, 2.75) is 26.9 Å². The highest BCUT2D eigenvalue weighted by molar-refractivity contribution is 6.35. The fourth-order valence-electron chi connectivity index (χ4n) is 2.61. The van der Waals surface area contributed by atoms with Gasteiger partial charge in [-0.05, 0) is 26.0 Å². The van der Waals surface area contributed by atoms with Gasteiger partial charge in [0.15, 0.2) is 5.82 Å². The van der Waals surface area contributed by atoms with Crippen molar-refractivity contribution in [3.8, 4) is 0 Å². The first kappa shape index (κ1) is 19.8. The summed E-state index contributed by atoms with van der Waals surface area (Å²) in [7, 11) is 0.